The lowest BCUT2D eigenvalue weighted by Gasteiger charge is -2.23. The summed E-state index contributed by atoms with van der Waals surface area (Å²) >= 11 is 1.36. The molecule has 36 heavy (non-hydrogen) atoms. The molecule has 1 fully saturated rings. The van der Waals surface area contributed by atoms with Crippen LogP contribution >= 0.6 is 11.3 Å². The van der Waals surface area contributed by atoms with Crippen LogP contribution in [0.4, 0.5) is 13.2 Å². The van der Waals surface area contributed by atoms with E-state index < -0.39 is 27.8 Å². The molecule has 4 rings (SSSR count). The summed E-state index contributed by atoms with van der Waals surface area (Å²) < 4.78 is 71.4. The Kier molecular flexibility index (Phi) is 7.87. The number of thiophene rings is 1. The average molecular weight is 538 g/mol. The number of Topliss-reactive ketones (excluding diaryl/α,β-unsaturated/α-hetero) is 1. The van der Waals surface area contributed by atoms with Gasteiger partial charge in [0, 0.05) is 17.8 Å². The summed E-state index contributed by atoms with van der Waals surface area (Å²) in [5.74, 6) is 0.429. The van der Waals surface area contributed by atoms with Gasteiger partial charge in [0.05, 0.1) is 16.5 Å². The van der Waals surface area contributed by atoms with Crippen molar-refractivity contribution in [3.63, 3.8) is 0 Å². The van der Waals surface area contributed by atoms with Crippen molar-refractivity contribution in [3.8, 4) is 5.75 Å². The van der Waals surface area contributed by atoms with Gasteiger partial charge in [0.2, 0.25) is 10.0 Å². The fourth-order valence-corrected chi connectivity index (χ4v) is 7.22. The normalized spacial score (nSPS) is 16.8. The zero-order chi connectivity index (χ0) is 25.9. The number of alkyl halides is 3. The number of sulfonamides is 1. The number of carbonyl (C=O) groups excluding carboxylic acids is 1. The van der Waals surface area contributed by atoms with Crippen LogP contribution in [0.2, 0.25) is 0 Å². The Hall–Kier alpha value is -2.69. The van der Waals surface area contributed by atoms with E-state index in [-0.39, 0.29) is 23.7 Å². The van der Waals surface area contributed by atoms with E-state index in [2.05, 4.69) is 0 Å². The highest BCUT2D eigenvalue weighted by Crippen LogP contribution is 2.31. The van der Waals surface area contributed by atoms with Crippen molar-refractivity contribution >= 4 is 27.1 Å². The monoisotopic (exact) mass is 537 g/mol. The van der Waals surface area contributed by atoms with Crippen molar-refractivity contribution in [3.05, 3.63) is 81.5 Å². The number of ketones is 1. The molecule has 1 aliphatic heterocycles. The molecule has 1 atom stereocenters. The third-order valence-corrected chi connectivity index (χ3v) is 9.25. The van der Waals surface area contributed by atoms with Crippen LogP contribution < -0.4 is 4.74 Å². The van der Waals surface area contributed by atoms with Crippen molar-refractivity contribution < 1.29 is 31.1 Å². The average Bonchev–Trinajstić information content (AvgIpc) is 3.51. The Morgan fingerprint density at radius 3 is 2.53 bits per heavy atom. The number of carbonyl (C=O) groups is 1. The van der Waals surface area contributed by atoms with Crippen LogP contribution in [-0.2, 0) is 34.0 Å². The standard InChI is InChI=1S/C26H26F3NO4S2/c1-18-25(13-15-35-18)36(32,33)30-14-3-6-23(30)24(31)12-9-19-4-2-5-22(16-19)34-17-20-7-10-21(11-8-20)26(27,28)29/h2,4-5,7-8,10-11,13,15-16,23H,3,6,9,12,14,17H2,1H3/t23-/m0/s1. The van der Waals surface area contributed by atoms with E-state index in [1.807, 2.05) is 6.07 Å². The molecule has 1 aliphatic rings. The quantitative estimate of drug-likeness (QED) is 0.335. The summed E-state index contributed by atoms with van der Waals surface area (Å²) in [6.45, 7) is 2.20. The zero-order valence-corrected chi connectivity index (χ0v) is 21.3. The van der Waals surface area contributed by atoms with E-state index in [4.69, 9.17) is 4.74 Å². The van der Waals surface area contributed by atoms with Gasteiger partial charge in [0.1, 0.15) is 12.4 Å². The summed E-state index contributed by atoms with van der Waals surface area (Å²) in [7, 11) is -3.71. The Labute approximate surface area is 212 Å². The molecule has 10 heteroatoms. The molecule has 0 bridgehead atoms. The molecule has 1 aromatic heterocycles. The van der Waals surface area contributed by atoms with E-state index in [9.17, 15) is 26.4 Å². The third kappa shape index (κ3) is 5.99. The predicted molar refractivity (Wildman–Crippen MR) is 132 cm³/mol. The van der Waals surface area contributed by atoms with Gasteiger partial charge in [-0.05, 0) is 73.0 Å². The maximum absolute atomic E-state index is 13.1. The number of ether oxygens (including phenoxy) is 1. The Bertz CT molecular complexity index is 1320. The SMILES string of the molecule is Cc1sccc1S(=O)(=O)N1CCC[C@H]1C(=O)CCc1cccc(OCc2ccc(C(F)(F)F)cc2)c1. The smallest absolute Gasteiger partial charge is 0.416 e. The fraction of sp³-hybridized carbons (Fsp3) is 0.346. The van der Waals surface area contributed by atoms with Gasteiger partial charge in [-0.1, -0.05) is 24.3 Å². The van der Waals surface area contributed by atoms with Gasteiger partial charge >= 0.3 is 6.18 Å². The summed E-state index contributed by atoms with van der Waals surface area (Å²) in [6, 6.07) is 12.9. The minimum atomic E-state index is -4.38. The first kappa shape index (κ1) is 26.4. The van der Waals surface area contributed by atoms with Crippen LogP contribution in [0.1, 0.15) is 40.8 Å². The molecule has 0 saturated carbocycles. The Morgan fingerprint density at radius 2 is 1.86 bits per heavy atom. The second-order valence-corrected chi connectivity index (χ2v) is 11.7. The molecule has 0 aliphatic carbocycles. The number of benzene rings is 2. The number of hydrogen-bond acceptors (Lipinski definition) is 5. The number of halogens is 3. The molecule has 0 N–H and O–H groups in total. The third-order valence-electron chi connectivity index (χ3n) is 6.22. The second-order valence-electron chi connectivity index (χ2n) is 8.71. The van der Waals surface area contributed by atoms with E-state index in [0.717, 1.165) is 17.7 Å². The Morgan fingerprint density at radius 1 is 1.11 bits per heavy atom. The van der Waals surface area contributed by atoms with Crippen molar-refractivity contribution in [1.82, 2.24) is 4.31 Å². The van der Waals surface area contributed by atoms with Gasteiger partial charge < -0.3 is 4.74 Å². The first-order chi connectivity index (χ1) is 17.1. The van der Waals surface area contributed by atoms with Crippen LogP contribution in [0.25, 0.3) is 0 Å². The fourth-order valence-electron chi connectivity index (χ4n) is 4.30. The predicted octanol–water partition coefficient (Wildman–Crippen LogP) is 6.01. The second kappa shape index (κ2) is 10.7. The van der Waals surface area contributed by atoms with Crippen molar-refractivity contribution in [1.29, 1.82) is 0 Å². The molecule has 0 unspecified atom stereocenters. The Balaban J connectivity index is 1.35. The van der Waals surface area contributed by atoms with Crippen LogP contribution in [0.3, 0.4) is 0 Å². The lowest BCUT2D eigenvalue weighted by Crippen LogP contribution is -2.40. The molecule has 2 aromatic carbocycles. The summed E-state index contributed by atoms with van der Waals surface area (Å²) in [5.41, 5.74) is 0.748. The molecular formula is C26H26F3NO4S2. The molecule has 1 saturated heterocycles. The first-order valence-corrected chi connectivity index (χ1v) is 13.8. The highest BCUT2D eigenvalue weighted by molar-refractivity contribution is 7.89. The van der Waals surface area contributed by atoms with Gasteiger partial charge in [0.15, 0.2) is 5.78 Å². The molecule has 0 spiro atoms. The zero-order valence-electron chi connectivity index (χ0n) is 19.6. The van der Waals surface area contributed by atoms with Crippen LogP contribution in [0.15, 0.2) is 64.9 Å². The topological polar surface area (TPSA) is 63.7 Å². The first-order valence-electron chi connectivity index (χ1n) is 11.5. The minimum absolute atomic E-state index is 0.109. The number of aryl methyl sites for hydroxylation is 2. The van der Waals surface area contributed by atoms with E-state index in [1.54, 1.807) is 36.6 Å². The number of hydrogen-bond donors (Lipinski definition) is 0. The number of rotatable bonds is 9. The highest BCUT2D eigenvalue weighted by Gasteiger charge is 2.39. The molecule has 3 aromatic rings. The van der Waals surface area contributed by atoms with Gasteiger partial charge in [-0.3, -0.25) is 4.79 Å². The molecule has 2 heterocycles. The van der Waals surface area contributed by atoms with E-state index in [0.29, 0.717) is 42.0 Å². The largest absolute Gasteiger partial charge is 0.489 e. The lowest BCUT2D eigenvalue weighted by molar-refractivity contribution is -0.137. The number of nitrogens with zero attached hydrogens (tertiary/aromatic N) is 1. The van der Waals surface area contributed by atoms with Gasteiger partial charge in [0.25, 0.3) is 0 Å². The van der Waals surface area contributed by atoms with Crippen molar-refractivity contribution in [2.45, 2.75) is 56.3 Å². The van der Waals surface area contributed by atoms with Crippen LogP contribution in [-0.4, -0.2) is 31.1 Å². The maximum atomic E-state index is 13.1. The summed E-state index contributed by atoms with van der Waals surface area (Å²) in [5, 5.41) is 1.74. The van der Waals surface area contributed by atoms with Gasteiger partial charge in [-0.2, -0.15) is 17.5 Å². The van der Waals surface area contributed by atoms with E-state index in [1.165, 1.54) is 27.8 Å². The minimum Gasteiger partial charge on any atom is -0.489 e. The van der Waals surface area contributed by atoms with Gasteiger partial charge in [-0.15, -0.1) is 11.3 Å². The van der Waals surface area contributed by atoms with Crippen molar-refractivity contribution in [2.75, 3.05) is 6.54 Å². The van der Waals surface area contributed by atoms with Crippen LogP contribution in [0.5, 0.6) is 5.75 Å². The lowest BCUT2D eigenvalue weighted by atomic mass is 10.0. The van der Waals surface area contributed by atoms with Crippen molar-refractivity contribution in [2.24, 2.45) is 0 Å². The van der Waals surface area contributed by atoms with Gasteiger partial charge in [-0.25, -0.2) is 8.42 Å². The maximum Gasteiger partial charge on any atom is 0.416 e. The van der Waals surface area contributed by atoms with Crippen LogP contribution in [0, 0.1) is 6.92 Å². The summed E-state index contributed by atoms with van der Waals surface area (Å²) in [6.07, 6.45) is -2.60. The molecular weight excluding hydrogens is 511 g/mol. The van der Waals surface area contributed by atoms with E-state index >= 15 is 0 Å². The summed E-state index contributed by atoms with van der Waals surface area (Å²) in [4.78, 5) is 14.0. The molecule has 0 amide bonds. The molecule has 5 nitrogen and oxygen atoms in total. The molecule has 192 valence electrons. The highest BCUT2D eigenvalue weighted by atomic mass is 32.2. The molecule has 0 radical (unpaired) electrons.